The van der Waals surface area contributed by atoms with Gasteiger partial charge in [0.15, 0.2) is 0 Å². The number of hydrogen-bond acceptors (Lipinski definition) is 4. The van der Waals surface area contributed by atoms with E-state index in [1.807, 2.05) is 36.4 Å². The van der Waals surface area contributed by atoms with Gasteiger partial charge in [-0.1, -0.05) is 12.1 Å². The highest BCUT2D eigenvalue weighted by Crippen LogP contribution is 2.13. The van der Waals surface area contributed by atoms with Gasteiger partial charge >= 0.3 is 0 Å². The van der Waals surface area contributed by atoms with Gasteiger partial charge in [-0.3, -0.25) is 0 Å². The van der Waals surface area contributed by atoms with Crippen LogP contribution >= 0.6 is 0 Å². The van der Waals surface area contributed by atoms with Crippen LogP contribution in [0.15, 0.2) is 42.6 Å². The molecule has 0 radical (unpaired) electrons. The monoisotopic (exact) mass is 229 g/mol. The number of rotatable bonds is 4. The minimum Gasteiger partial charge on any atom is -0.495 e. The number of nitrogens with two attached hydrogens (primary N) is 1. The van der Waals surface area contributed by atoms with Crippen molar-refractivity contribution in [3.8, 4) is 5.75 Å². The molecule has 0 saturated carbocycles. The van der Waals surface area contributed by atoms with E-state index in [4.69, 9.17) is 10.5 Å². The molecule has 4 nitrogen and oxygen atoms in total. The zero-order valence-corrected chi connectivity index (χ0v) is 9.68. The number of ether oxygens (including phenoxy) is 1. The van der Waals surface area contributed by atoms with Crippen LogP contribution in [0.1, 0.15) is 5.56 Å². The molecule has 0 bridgehead atoms. The molecule has 1 aromatic heterocycles. The largest absolute Gasteiger partial charge is 0.495 e. The molecule has 0 fully saturated rings. The Balaban J connectivity index is 1.97. The van der Waals surface area contributed by atoms with E-state index in [9.17, 15) is 0 Å². The Labute approximate surface area is 100 Å². The summed E-state index contributed by atoms with van der Waals surface area (Å²) in [6, 6.07) is 11.5. The summed E-state index contributed by atoms with van der Waals surface area (Å²) in [5, 5.41) is 3.22. The van der Waals surface area contributed by atoms with E-state index < -0.39 is 0 Å². The summed E-state index contributed by atoms with van der Waals surface area (Å²) in [6.45, 7) is 0.699. The Morgan fingerprint density at radius 2 is 2.18 bits per heavy atom. The highest BCUT2D eigenvalue weighted by atomic mass is 16.5. The molecule has 0 aliphatic carbocycles. The van der Waals surface area contributed by atoms with Crippen LogP contribution in [0, 0.1) is 0 Å². The Morgan fingerprint density at radius 1 is 1.29 bits per heavy atom. The zero-order chi connectivity index (χ0) is 12.1. The predicted molar refractivity (Wildman–Crippen MR) is 69.0 cm³/mol. The molecule has 0 amide bonds. The lowest BCUT2D eigenvalue weighted by molar-refractivity contribution is 0.413. The topological polar surface area (TPSA) is 60.2 Å². The van der Waals surface area contributed by atoms with E-state index in [1.165, 1.54) is 0 Å². The lowest BCUT2D eigenvalue weighted by Crippen LogP contribution is -2.01. The van der Waals surface area contributed by atoms with Gasteiger partial charge < -0.3 is 15.8 Å². The van der Waals surface area contributed by atoms with Crippen molar-refractivity contribution in [1.29, 1.82) is 0 Å². The van der Waals surface area contributed by atoms with Crippen molar-refractivity contribution in [2.24, 2.45) is 0 Å². The van der Waals surface area contributed by atoms with Crippen molar-refractivity contribution in [2.75, 3.05) is 18.2 Å². The number of nitrogen functional groups attached to an aromatic ring is 1. The van der Waals surface area contributed by atoms with Crippen molar-refractivity contribution in [2.45, 2.75) is 6.54 Å². The van der Waals surface area contributed by atoms with Crippen LogP contribution < -0.4 is 15.8 Å². The average molecular weight is 229 g/mol. The van der Waals surface area contributed by atoms with E-state index in [2.05, 4.69) is 10.3 Å². The quantitative estimate of drug-likeness (QED) is 0.790. The first-order chi connectivity index (χ1) is 8.28. The average Bonchev–Trinajstić information content (AvgIpc) is 2.37. The van der Waals surface area contributed by atoms with Crippen LogP contribution in [0.5, 0.6) is 5.75 Å². The smallest absolute Gasteiger partial charge is 0.137 e. The number of nitrogens with zero attached hydrogens (tertiary/aromatic N) is 1. The fourth-order valence-corrected chi connectivity index (χ4v) is 1.50. The SMILES string of the molecule is COc1ccc(NCc2cccc(N)c2)nc1. The van der Waals surface area contributed by atoms with Crippen LogP contribution in [-0.2, 0) is 6.54 Å². The Bertz CT molecular complexity index is 482. The highest BCUT2D eigenvalue weighted by molar-refractivity contribution is 5.43. The fourth-order valence-electron chi connectivity index (χ4n) is 1.50. The summed E-state index contributed by atoms with van der Waals surface area (Å²) in [6.07, 6.45) is 1.68. The van der Waals surface area contributed by atoms with Crippen LogP contribution in [0.2, 0.25) is 0 Å². The van der Waals surface area contributed by atoms with Crippen LogP contribution in [0.3, 0.4) is 0 Å². The summed E-state index contributed by atoms with van der Waals surface area (Å²) in [4.78, 5) is 4.22. The fraction of sp³-hybridized carbons (Fsp3) is 0.154. The van der Waals surface area contributed by atoms with Gasteiger partial charge in [-0.15, -0.1) is 0 Å². The molecule has 0 aliphatic heterocycles. The minimum atomic E-state index is 0.699. The first-order valence-electron chi connectivity index (χ1n) is 5.36. The van der Waals surface area contributed by atoms with E-state index >= 15 is 0 Å². The lowest BCUT2D eigenvalue weighted by atomic mass is 10.2. The maximum absolute atomic E-state index is 5.71. The number of anilines is 2. The van der Waals surface area contributed by atoms with Gasteiger partial charge in [-0.2, -0.15) is 0 Å². The Kier molecular flexibility index (Phi) is 3.45. The molecular weight excluding hydrogens is 214 g/mol. The maximum Gasteiger partial charge on any atom is 0.137 e. The molecule has 3 N–H and O–H groups in total. The van der Waals surface area contributed by atoms with Crippen LogP contribution in [-0.4, -0.2) is 12.1 Å². The van der Waals surface area contributed by atoms with Gasteiger partial charge in [-0.05, 0) is 29.8 Å². The summed E-state index contributed by atoms with van der Waals surface area (Å²) >= 11 is 0. The molecule has 1 heterocycles. The molecule has 17 heavy (non-hydrogen) atoms. The number of benzene rings is 1. The Hall–Kier alpha value is -2.23. The number of pyridine rings is 1. The molecule has 0 saturated heterocycles. The van der Waals surface area contributed by atoms with Crippen molar-refractivity contribution in [3.63, 3.8) is 0 Å². The van der Waals surface area contributed by atoms with Gasteiger partial charge in [0.25, 0.3) is 0 Å². The van der Waals surface area contributed by atoms with Gasteiger partial charge in [-0.25, -0.2) is 4.98 Å². The summed E-state index contributed by atoms with van der Waals surface area (Å²) in [7, 11) is 1.62. The maximum atomic E-state index is 5.71. The predicted octanol–water partition coefficient (Wildman–Crippen LogP) is 2.28. The first kappa shape index (κ1) is 11.3. The molecular formula is C13H15N3O. The van der Waals surface area contributed by atoms with E-state index in [0.717, 1.165) is 22.8 Å². The van der Waals surface area contributed by atoms with Gasteiger partial charge in [0.1, 0.15) is 11.6 Å². The van der Waals surface area contributed by atoms with Gasteiger partial charge in [0.05, 0.1) is 13.3 Å². The molecule has 0 atom stereocenters. The van der Waals surface area contributed by atoms with E-state index in [0.29, 0.717) is 6.54 Å². The third-order valence-corrected chi connectivity index (χ3v) is 2.40. The minimum absolute atomic E-state index is 0.699. The van der Waals surface area contributed by atoms with Crippen molar-refractivity contribution < 1.29 is 4.74 Å². The lowest BCUT2D eigenvalue weighted by Gasteiger charge is -2.06. The van der Waals surface area contributed by atoms with Crippen molar-refractivity contribution in [3.05, 3.63) is 48.2 Å². The highest BCUT2D eigenvalue weighted by Gasteiger charge is 1.96. The molecule has 4 heteroatoms. The molecule has 0 aliphatic rings. The second kappa shape index (κ2) is 5.21. The molecule has 88 valence electrons. The van der Waals surface area contributed by atoms with Crippen LogP contribution in [0.25, 0.3) is 0 Å². The van der Waals surface area contributed by atoms with Crippen molar-refractivity contribution in [1.82, 2.24) is 4.98 Å². The van der Waals surface area contributed by atoms with Gasteiger partial charge in [0.2, 0.25) is 0 Å². The normalized spacial score (nSPS) is 9.94. The second-order valence-electron chi connectivity index (χ2n) is 3.68. The standard InChI is InChI=1S/C13H15N3O/c1-17-12-5-6-13(16-9-12)15-8-10-3-2-4-11(14)7-10/h2-7,9H,8,14H2,1H3,(H,15,16). The number of nitrogens with one attached hydrogen (secondary N) is 1. The summed E-state index contributed by atoms with van der Waals surface area (Å²) < 4.78 is 5.04. The van der Waals surface area contributed by atoms with E-state index in [1.54, 1.807) is 13.3 Å². The number of methoxy groups -OCH3 is 1. The molecule has 1 aromatic carbocycles. The molecule has 2 aromatic rings. The summed E-state index contributed by atoms with van der Waals surface area (Å²) in [5.41, 5.74) is 7.60. The van der Waals surface area contributed by atoms with Crippen molar-refractivity contribution >= 4 is 11.5 Å². The molecule has 0 unspecified atom stereocenters. The van der Waals surface area contributed by atoms with Gasteiger partial charge in [0, 0.05) is 12.2 Å². The first-order valence-corrected chi connectivity index (χ1v) is 5.36. The third-order valence-electron chi connectivity index (χ3n) is 2.40. The zero-order valence-electron chi connectivity index (χ0n) is 9.68. The summed E-state index contributed by atoms with van der Waals surface area (Å²) in [5.74, 6) is 1.56. The molecule has 0 spiro atoms. The molecule has 2 rings (SSSR count). The second-order valence-corrected chi connectivity index (χ2v) is 3.68. The van der Waals surface area contributed by atoms with E-state index in [-0.39, 0.29) is 0 Å². The van der Waals surface area contributed by atoms with Crippen LogP contribution in [0.4, 0.5) is 11.5 Å². The number of hydrogen-bond donors (Lipinski definition) is 2. The Morgan fingerprint density at radius 3 is 2.82 bits per heavy atom. The number of aromatic nitrogens is 1. The third kappa shape index (κ3) is 3.11.